The van der Waals surface area contributed by atoms with Gasteiger partial charge >= 0.3 is 0 Å². The quantitative estimate of drug-likeness (QED) is 0.186. The van der Waals surface area contributed by atoms with Crippen molar-refractivity contribution in [2.45, 2.75) is 39.7 Å². The summed E-state index contributed by atoms with van der Waals surface area (Å²) in [5.41, 5.74) is 8.73. The van der Waals surface area contributed by atoms with E-state index in [1.54, 1.807) is 0 Å². The van der Waals surface area contributed by atoms with E-state index in [0.717, 1.165) is 40.1 Å². The Morgan fingerprint density at radius 3 is 2.40 bits per heavy atom. The van der Waals surface area contributed by atoms with Crippen LogP contribution in [0.3, 0.4) is 0 Å². The predicted molar refractivity (Wildman–Crippen MR) is 189 cm³/mol. The summed E-state index contributed by atoms with van der Waals surface area (Å²) in [6.07, 6.45) is 23.4. The van der Waals surface area contributed by atoms with E-state index in [1.807, 2.05) is 73.7 Å². The van der Waals surface area contributed by atoms with Crippen molar-refractivity contribution in [3.05, 3.63) is 158 Å². The molecule has 0 spiro atoms. The summed E-state index contributed by atoms with van der Waals surface area (Å²) < 4.78 is 0. The van der Waals surface area contributed by atoms with Crippen LogP contribution < -0.4 is 10.2 Å². The number of nitrogens with one attached hydrogen (secondary N) is 1. The number of hydrogen-bond donors (Lipinski definition) is 1. The molecular weight excluding hydrogens is 522 g/mol. The van der Waals surface area contributed by atoms with Crippen LogP contribution in [0, 0.1) is 11.3 Å². The average molecular weight is 566 g/mol. The fourth-order valence-electron chi connectivity index (χ4n) is 4.91. The maximum Gasteiger partial charge on any atom is 0.0663 e. The minimum atomic E-state index is 0.102. The van der Waals surface area contributed by atoms with Gasteiger partial charge in [0, 0.05) is 40.7 Å². The second kappa shape index (κ2) is 17.7. The van der Waals surface area contributed by atoms with E-state index >= 15 is 0 Å². The van der Waals surface area contributed by atoms with Crippen molar-refractivity contribution < 1.29 is 0 Å². The summed E-state index contributed by atoms with van der Waals surface area (Å²) in [7, 11) is 0. The lowest BCUT2D eigenvalue weighted by atomic mass is 9.92. The highest BCUT2D eigenvalue weighted by atomic mass is 15.2. The molecule has 3 heteroatoms. The van der Waals surface area contributed by atoms with Crippen molar-refractivity contribution in [3.63, 3.8) is 0 Å². The molecule has 0 fully saturated rings. The number of aryl methyl sites for hydroxylation is 1. The Labute approximate surface area is 258 Å². The van der Waals surface area contributed by atoms with Gasteiger partial charge in [-0.15, -0.1) is 0 Å². The first-order chi connectivity index (χ1) is 21.0. The molecule has 43 heavy (non-hydrogen) atoms. The van der Waals surface area contributed by atoms with Gasteiger partial charge in [0.25, 0.3) is 0 Å². The Bertz CT molecular complexity index is 1540. The third kappa shape index (κ3) is 9.21. The Morgan fingerprint density at radius 2 is 1.67 bits per heavy atom. The minimum Gasteiger partial charge on any atom is -0.361 e. The highest BCUT2D eigenvalue weighted by molar-refractivity contribution is 5.96. The second-order valence-electron chi connectivity index (χ2n) is 10.0. The zero-order valence-corrected chi connectivity index (χ0v) is 25.7. The first-order valence-corrected chi connectivity index (χ1v) is 14.9. The Kier molecular flexibility index (Phi) is 13.3. The zero-order chi connectivity index (χ0) is 30.9. The molecule has 0 radical (unpaired) electrons. The number of hydrogen-bond acceptors (Lipinski definition) is 3. The van der Waals surface area contributed by atoms with Crippen LogP contribution in [-0.4, -0.2) is 12.6 Å². The molecule has 0 amide bonds. The van der Waals surface area contributed by atoms with E-state index < -0.39 is 0 Å². The minimum absolute atomic E-state index is 0.102. The van der Waals surface area contributed by atoms with Crippen molar-refractivity contribution in [2.24, 2.45) is 0 Å². The second-order valence-corrected chi connectivity index (χ2v) is 10.0. The van der Waals surface area contributed by atoms with Crippen LogP contribution in [0.1, 0.15) is 38.3 Å². The number of para-hydroxylation sites is 3. The van der Waals surface area contributed by atoms with Crippen molar-refractivity contribution >= 4 is 22.6 Å². The smallest absolute Gasteiger partial charge is 0.0663 e. The van der Waals surface area contributed by atoms with Gasteiger partial charge in [-0.05, 0) is 43.5 Å². The molecule has 3 aromatic carbocycles. The van der Waals surface area contributed by atoms with Gasteiger partial charge in [-0.2, -0.15) is 5.26 Å². The summed E-state index contributed by atoms with van der Waals surface area (Å²) in [6.45, 7) is 15.4. The van der Waals surface area contributed by atoms with Gasteiger partial charge in [0.15, 0.2) is 0 Å². The molecule has 0 bridgehead atoms. The number of anilines is 3. The molecule has 0 aliphatic carbocycles. The summed E-state index contributed by atoms with van der Waals surface area (Å²) in [6, 6.07) is 25.6. The zero-order valence-electron chi connectivity index (χ0n) is 25.7. The third-order valence-electron chi connectivity index (χ3n) is 7.04. The summed E-state index contributed by atoms with van der Waals surface area (Å²) in [5.74, 6) is 0. The number of rotatable bonds is 15. The third-order valence-corrected chi connectivity index (χ3v) is 7.04. The molecule has 0 saturated heterocycles. The maximum absolute atomic E-state index is 8.87. The Hall–Kier alpha value is -5.07. The monoisotopic (exact) mass is 565 g/mol. The molecule has 0 aliphatic heterocycles. The fraction of sp³-hybridized carbons (Fsp3) is 0.175. The largest absolute Gasteiger partial charge is 0.361 e. The van der Waals surface area contributed by atoms with E-state index in [0.29, 0.717) is 13.0 Å². The number of benzene rings is 3. The maximum atomic E-state index is 8.87. The van der Waals surface area contributed by atoms with Gasteiger partial charge in [-0.25, -0.2) is 0 Å². The van der Waals surface area contributed by atoms with Gasteiger partial charge in [-0.3, -0.25) is 0 Å². The van der Waals surface area contributed by atoms with E-state index in [4.69, 9.17) is 5.26 Å². The summed E-state index contributed by atoms with van der Waals surface area (Å²) in [5, 5.41) is 12.6. The van der Waals surface area contributed by atoms with Crippen LogP contribution in [0.2, 0.25) is 0 Å². The van der Waals surface area contributed by atoms with Gasteiger partial charge in [0.2, 0.25) is 0 Å². The SMILES string of the molecule is C=C/C=C\C(C)N(C/C=C\C=C/CC#N)c1c(CC)cccc1-c1cccc(C(=C)/C=C\C=C/C)c1Nc1ccccc1. The molecule has 3 rings (SSSR count). The first kappa shape index (κ1) is 32.4. The van der Waals surface area contributed by atoms with Crippen LogP contribution in [0.15, 0.2) is 147 Å². The topological polar surface area (TPSA) is 39.1 Å². The normalized spacial score (nSPS) is 12.4. The molecule has 1 atom stereocenters. The lowest BCUT2D eigenvalue weighted by Gasteiger charge is -2.33. The van der Waals surface area contributed by atoms with E-state index in [2.05, 4.69) is 110 Å². The van der Waals surface area contributed by atoms with Gasteiger partial charge in [0.05, 0.1) is 18.2 Å². The van der Waals surface area contributed by atoms with Crippen molar-refractivity contribution in [1.29, 1.82) is 5.26 Å². The van der Waals surface area contributed by atoms with Gasteiger partial charge in [0.1, 0.15) is 0 Å². The lowest BCUT2D eigenvalue weighted by Crippen LogP contribution is -2.33. The Morgan fingerprint density at radius 1 is 0.930 bits per heavy atom. The summed E-state index contributed by atoms with van der Waals surface area (Å²) in [4.78, 5) is 2.43. The molecule has 218 valence electrons. The molecular formula is C40H43N3. The van der Waals surface area contributed by atoms with E-state index in [9.17, 15) is 0 Å². The van der Waals surface area contributed by atoms with Crippen LogP contribution in [0.25, 0.3) is 16.7 Å². The number of nitrogens with zero attached hydrogens (tertiary/aromatic N) is 2. The van der Waals surface area contributed by atoms with Crippen LogP contribution in [0.5, 0.6) is 0 Å². The molecule has 1 N–H and O–H groups in total. The number of nitriles is 1. The lowest BCUT2D eigenvalue weighted by molar-refractivity contribution is 0.778. The van der Waals surface area contributed by atoms with Crippen molar-refractivity contribution in [3.8, 4) is 17.2 Å². The predicted octanol–water partition coefficient (Wildman–Crippen LogP) is 10.8. The standard InChI is InChI=1S/C40H43N3/c1-6-9-15-22-32(4)36-27-21-28-37(39(36)42-35-25-16-14-17-26-35)38-29-20-24-34(8-3)40(38)43(33(5)23-10-7-2)31-19-13-11-12-18-30-41/h6-7,9-17,19-29,33,42H,2,4,8,18,31H2,1,3,5H3/b9-6-,12-11-,19-13-,22-15-,23-10-. The number of allylic oxidation sites excluding steroid dienone is 10. The highest BCUT2D eigenvalue weighted by Gasteiger charge is 2.22. The fourth-order valence-corrected chi connectivity index (χ4v) is 4.91. The molecule has 0 saturated carbocycles. The van der Waals surface area contributed by atoms with Gasteiger partial charge in [-0.1, -0.05) is 142 Å². The molecule has 1 unspecified atom stereocenters. The highest BCUT2D eigenvalue weighted by Crippen LogP contribution is 2.43. The van der Waals surface area contributed by atoms with Crippen LogP contribution >= 0.6 is 0 Å². The molecule has 0 aliphatic rings. The van der Waals surface area contributed by atoms with E-state index in [1.165, 1.54) is 11.3 Å². The first-order valence-electron chi connectivity index (χ1n) is 14.9. The molecule has 0 aromatic heterocycles. The van der Waals surface area contributed by atoms with Crippen LogP contribution in [0.4, 0.5) is 17.1 Å². The van der Waals surface area contributed by atoms with Crippen molar-refractivity contribution in [1.82, 2.24) is 0 Å². The van der Waals surface area contributed by atoms with Crippen LogP contribution in [-0.2, 0) is 6.42 Å². The Balaban J connectivity index is 2.27. The molecule has 3 nitrogen and oxygen atoms in total. The summed E-state index contributed by atoms with van der Waals surface area (Å²) >= 11 is 0. The molecule has 0 heterocycles. The average Bonchev–Trinajstić information content (AvgIpc) is 3.03. The van der Waals surface area contributed by atoms with E-state index in [-0.39, 0.29) is 6.04 Å². The van der Waals surface area contributed by atoms with Gasteiger partial charge < -0.3 is 10.2 Å². The van der Waals surface area contributed by atoms with Crippen molar-refractivity contribution in [2.75, 3.05) is 16.8 Å². The molecule has 3 aromatic rings.